The summed E-state index contributed by atoms with van der Waals surface area (Å²) in [5.41, 5.74) is 1.34. The first-order chi connectivity index (χ1) is 9.33. The van der Waals surface area contributed by atoms with Gasteiger partial charge in [-0.3, -0.25) is 4.98 Å². The van der Waals surface area contributed by atoms with Crippen molar-refractivity contribution in [2.24, 2.45) is 0 Å². The van der Waals surface area contributed by atoms with Crippen LogP contribution in [-0.4, -0.2) is 36.1 Å². The Morgan fingerprint density at radius 2 is 2.16 bits per heavy atom. The van der Waals surface area contributed by atoms with Crippen LogP contribution in [0.15, 0.2) is 36.7 Å². The predicted octanol–water partition coefficient (Wildman–Crippen LogP) is 2.42. The van der Waals surface area contributed by atoms with Crippen LogP contribution >= 0.6 is 0 Å². The topological polar surface area (TPSA) is 28.2 Å². The molecule has 0 atom stereocenters. The largest absolute Gasteiger partial charge is 0.311 e. The summed E-state index contributed by atoms with van der Waals surface area (Å²) in [5, 5.41) is 6.00. The summed E-state index contributed by atoms with van der Waals surface area (Å²) in [6.07, 6.45) is 6.53. The molecule has 0 aliphatic heterocycles. The van der Waals surface area contributed by atoms with E-state index in [4.69, 9.17) is 0 Å². The number of aromatic nitrogens is 1. The van der Waals surface area contributed by atoms with Gasteiger partial charge in [0.1, 0.15) is 0 Å². The highest BCUT2D eigenvalue weighted by Gasteiger charge is 2.25. The molecule has 0 unspecified atom stereocenters. The van der Waals surface area contributed by atoms with Crippen molar-refractivity contribution in [1.82, 2.24) is 15.2 Å². The summed E-state index contributed by atoms with van der Waals surface area (Å²) < 4.78 is 0. The zero-order valence-corrected chi connectivity index (χ0v) is 11.5. The minimum atomic E-state index is 0.856. The third-order valence-corrected chi connectivity index (χ3v) is 3.85. The average Bonchev–Trinajstić information content (AvgIpc) is 3.28. The summed E-state index contributed by atoms with van der Waals surface area (Å²) in [4.78, 5) is 6.60. The van der Waals surface area contributed by atoms with Crippen LogP contribution in [0.5, 0.6) is 0 Å². The van der Waals surface area contributed by atoms with Crippen LogP contribution in [0, 0.1) is 0 Å². The Kier molecular flexibility index (Phi) is 3.76. The first kappa shape index (κ1) is 12.6. The van der Waals surface area contributed by atoms with Gasteiger partial charge in [0.25, 0.3) is 0 Å². The fourth-order valence-electron chi connectivity index (χ4n) is 2.43. The maximum atomic E-state index is 4.14. The van der Waals surface area contributed by atoms with E-state index >= 15 is 0 Å². The van der Waals surface area contributed by atoms with Crippen molar-refractivity contribution in [2.45, 2.75) is 25.4 Å². The minimum absolute atomic E-state index is 0.856. The fraction of sp³-hybridized carbons (Fsp3) is 0.438. The highest BCUT2D eigenvalue weighted by atomic mass is 15.2. The lowest BCUT2D eigenvalue weighted by Crippen LogP contribution is -2.30. The van der Waals surface area contributed by atoms with E-state index in [1.165, 1.54) is 29.2 Å². The zero-order valence-electron chi connectivity index (χ0n) is 11.5. The van der Waals surface area contributed by atoms with E-state index in [1.54, 1.807) is 0 Å². The molecule has 1 fully saturated rings. The summed E-state index contributed by atoms with van der Waals surface area (Å²) >= 11 is 0. The summed E-state index contributed by atoms with van der Waals surface area (Å²) in [5.74, 6) is 0. The van der Waals surface area contributed by atoms with Crippen LogP contribution < -0.4 is 5.32 Å². The molecule has 1 heterocycles. The predicted molar refractivity (Wildman–Crippen MR) is 79.1 cm³/mol. The number of nitrogens with zero attached hydrogens (tertiary/aromatic N) is 2. The van der Waals surface area contributed by atoms with Crippen LogP contribution in [0.1, 0.15) is 18.4 Å². The van der Waals surface area contributed by atoms with Crippen molar-refractivity contribution >= 4 is 10.8 Å². The molecule has 0 spiro atoms. The number of likely N-dealkylation sites (N-methyl/N-ethyl adjacent to an activating group) is 1. The second-order valence-electron chi connectivity index (χ2n) is 5.45. The van der Waals surface area contributed by atoms with Crippen LogP contribution in [0.4, 0.5) is 0 Å². The minimum Gasteiger partial charge on any atom is -0.311 e. The third-order valence-electron chi connectivity index (χ3n) is 3.85. The van der Waals surface area contributed by atoms with Gasteiger partial charge in [-0.1, -0.05) is 12.1 Å². The molecule has 3 nitrogen and oxygen atoms in total. The normalized spacial score (nSPS) is 15.3. The number of fused-ring (bicyclic) bond motifs is 1. The number of hydrogen-bond donors (Lipinski definition) is 1. The molecule has 1 aromatic carbocycles. The van der Waals surface area contributed by atoms with Crippen LogP contribution in [-0.2, 0) is 6.54 Å². The zero-order chi connectivity index (χ0) is 13.1. The lowest BCUT2D eigenvalue weighted by Gasteiger charge is -2.15. The fourth-order valence-corrected chi connectivity index (χ4v) is 2.43. The lowest BCUT2D eigenvalue weighted by molar-refractivity contribution is 0.321. The van der Waals surface area contributed by atoms with Gasteiger partial charge >= 0.3 is 0 Å². The van der Waals surface area contributed by atoms with Gasteiger partial charge < -0.3 is 10.2 Å². The van der Waals surface area contributed by atoms with Crippen molar-refractivity contribution in [3.63, 3.8) is 0 Å². The van der Waals surface area contributed by atoms with Gasteiger partial charge in [0.05, 0.1) is 0 Å². The number of rotatable bonds is 6. The number of pyridine rings is 1. The highest BCUT2D eigenvalue weighted by molar-refractivity contribution is 5.81. The summed E-state index contributed by atoms with van der Waals surface area (Å²) in [7, 11) is 2.22. The first-order valence-electron chi connectivity index (χ1n) is 7.06. The number of nitrogens with one attached hydrogen (secondary N) is 1. The molecule has 3 heteroatoms. The molecular formula is C16H21N3. The monoisotopic (exact) mass is 255 g/mol. The molecule has 3 rings (SSSR count). The average molecular weight is 255 g/mol. The molecule has 0 radical (unpaired) electrons. The molecule has 19 heavy (non-hydrogen) atoms. The van der Waals surface area contributed by atoms with E-state index < -0.39 is 0 Å². The van der Waals surface area contributed by atoms with E-state index in [0.717, 1.165) is 25.7 Å². The Labute approximate surface area is 114 Å². The Bertz CT molecular complexity index is 548. The van der Waals surface area contributed by atoms with E-state index in [9.17, 15) is 0 Å². The van der Waals surface area contributed by atoms with Crippen LogP contribution in [0.25, 0.3) is 10.8 Å². The molecule has 1 saturated carbocycles. The number of hydrogen-bond acceptors (Lipinski definition) is 3. The van der Waals surface area contributed by atoms with E-state index in [-0.39, 0.29) is 0 Å². The second-order valence-corrected chi connectivity index (χ2v) is 5.45. The molecule has 2 aromatic rings. The van der Waals surface area contributed by atoms with E-state index in [2.05, 4.69) is 46.5 Å². The lowest BCUT2D eigenvalue weighted by atomic mass is 10.1. The van der Waals surface area contributed by atoms with Gasteiger partial charge in [0.2, 0.25) is 0 Å². The first-order valence-corrected chi connectivity index (χ1v) is 7.06. The SMILES string of the molecule is CN(CCNCc1ccc2cnccc2c1)C1CC1. The van der Waals surface area contributed by atoms with Crippen molar-refractivity contribution in [3.05, 3.63) is 42.2 Å². The molecular weight excluding hydrogens is 234 g/mol. The standard InChI is InChI=1S/C16H21N3/c1-19(16-4-5-16)9-8-18-11-13-2-3-15-12-17-7-6-14(15)10-13/h2-3,6-7,10,12,16,18H,4-5,8-9,11H2,1H3. The molecule has 0 amide bonds. The Morgan fingerprint density at radius 1 is 1.26 bits per heavy atom. The molecule has 1 aliphatic carbocycles. The van der Waals surface area contributed by atoms with Crippen LogP contribution in [0.3, 0.4) is 0 Å². The van der Waals surface area contributed by atoms with Gasteiger partial charge in [-0.2, -0.15) is 0 Å². The number of benzene rings is 1. The summed E-state index contributed by atoms with van der Waals surface area (Å²) in [6.45, 7) is 3.14. The van der Waals surface area contributed by atoms with E-state index in [1.807, 2.05) is 12.4 Å². The maximum absolute atomic E-state index is 4.14. The van der Waals surface area contributed by atoms with Crippen molar-refractivity contribution in [1.29, 1.82) is 0 Å². The van der Waals surface area contributed by atoms with Gasteiger partial charge in [-0.05, 0) is 43.0 Å². The van der Waals surface area contributed by atoms with Crippen molar-refractivity contribution in [3.8, 4) is 0 Å². The van der Waals surface area contributed by atoms with Gasteiger partial charge in [0, 0.05) is 43.5 Å². The maximum Gasteiger partial charge on any atom is 0.0346 e. The molecule has 1 N–H and O–H groups in total. The quantitative estimate of drug-likeness (QED) is 0.804. The smallest absolute Gasteiger partial charge is 0.0346 e. The highest BCUT2D eigenvalue weighted by Crippen LogP contribution is 2.24. The van der Waals surface area contributed by atoms with Gasteiger partial charge in [0.15, 0.2) is 0 Å². The Morgan fingerprint density at radius 3 is 3.00 bits per heavy atom. The molecule has 1 aromatic heterocycles. The molecule has 100 valence electrons. The molecule has 0 saturated heterocycles. The van der Waals surface area contributed by atoms with Gasteiger partial charge in [-0.15, -0.1) is 0 Å². The van der Waals surface area contributed by atoms with Gasteiger partial charge in [-0.25, -0.2) is 0 Å². The van der Waals surface area contributed by atoms with E-state index in [0.29, 0.717) is 0 Å². The second kappa shape index (κ2) is 5.68. The molecule has 1 aliphatic rings. The summed E-state index contributed by atoms with van der Waals surface area (Å²) in [6, 6.07) is 9.50. The van der Waals surface area contributed by atoms with Crippen LogP contribution in [0.2, 0.25) is 0 Å². The third kappa shape index (κ3) is 3.31. The van der Waals surface area contributed by atoms with Crippen molar-refractivity contribution < 1.29 is 0 Å². The molecule has 0 bridgehead atoms. The Hall–Kier alpha value is -1.45. The van der Waals surface area contributed by atoms with Crippen molar-refractivity contribution in [2.75, 3.05) is 20.1 Å². The Balaban J connectivity index is 1.50.